The van der Waals surface area contributed by atoms with Crippen LogP contribution in [0.1, 0.15) is 11.1 Å². The smallest absolute Gasteiger partial charge is 0.270 e. The predicted molar refractivity (Wildman–Crippen MR) is 144 cm³/mol. The van der Waals surface area contributed by atoms with Gasteiger partial charge in [-0.3, -0.25) is 29.5 Å². The molecular formula is C24H16ClN3O3S3. The highest BCUT2D eigenvalue weighted by Gasteiger charge is 2.34. The molecule has 4 rings (SSSR count). The van der Waals surface area contributed by atoms with E-state index in [-0.39, 0.29) is 16.6 Å². The maximum atomic E-state index is 13.1. The van der Waals surface area contributed by atoms with E-state index in [1.807, 2.05) is 0 Å². The van der Waals surface area contributed by atoms with E-state index >= 15 is 0 Å². The van der Waals surface area contributed by atoms with Crippen LogP contribution in [0.4, 0.5) is 5.69 Å². The Morgan fingerprint density at radius 3 is 2.18 bits per heavy atom. The molecule has 170 valence electrons. The number of thiocarbonyl (C=S) groups is 2. The van der Waals surface area contributed by atoms with Crippen LogP contribution in [0.5, 0.6) is 0 Å². The average molecular weight is 526 g/mol. The molecule has 1 N–H and O–H groups in total. The second-order valence-corrected chi connectivity index (χ2v) is 9.68. The van der Waals surface area contributed by atoms with Crippen molar-refractivity contribution in [3.05, 3.63) is 87.8 Å². The summed E-state index contributed by atoms with van der Waals surface area (Å²) in [6.07, 6.45) is 4.87. The van der Waals surface area contributed by atoms with E-state index in [2.05, 4.69) is 11.9 Å². The minimum absolute atomic E-state index is 0.00131. The normalized spacial score (nSPS) is 18.8. The Hall–Kier alpha value is -3.11. The number of anilines is 1. The summed E-state index contributed by atoms with van der Waals surface area (Å²) in [5.74, 6) is -1.27. The van der Waals surface area contributed by atoms with Crippen LogP contribution in [0.25, 0.3) is 12.2 Å². The highest BCUT2D eigenvalue weighted by molar-refractivity contribution is 8.26. The molecule has 2 heterocycles. The van der Waals surface area contributed by atoms with E-state index in [0.29, 0.717) is 32.0 Å². The minimum Gasteiger partial charge on any atom is -0.298 e. The number of carbonyl (C=O) groups is 3. The first-order valence-electron chi connectivity index (χ1n) is 9.92. The summed E-state index contributed by atoms with van der Waals surface area (Å²) >= 11 is 17.6. The number of carbonyl (C=O) groups excluding carboxylic acids is 3. The SMILES string of the molecule is C=CCN1C(=O)/C(=C/c2ccc(/C=C3\C(=O)NC(=S)N(c4ccc(Cl)cc4)C3=O)cc2)SC1=S. The molecule has 2 fully saturated rings. The molecule has 0 aliphatic carbocycles. The zero-order valence-electron chi connectivity index (χ0n) is 17.5. The number of nitrogens with zero attached hydrogens (tertiary/aromatic N) is 2. The first-order valence-corrected chi connectivity index (χ1v) is 11.9. The molecule has 2 aliphatic rings. The molecule has 2 aliphatic heterocycles. The fraction of sp³-hybridized carbons (Fsp3) is 0.0417. The lowest BCUT2D eigenvalue weighted by atomic mass is 10.1. The summed E-state index contributed by atoms with van der Waals surface area (Å²) in [4.78, 5) is 41.3. The van der Waals surface area contributed by atoms with Crippen LogP contribution in [0.2, 0.25) is 5.02 Å². The lowest BCUT2D eigenvalue weighted by Crippen LogP contribution is -2.54. The van der Waals surface area contributed by atoms with Crippen molar-refractivity contribution in [2.24, 2.45) is 0 Å². The summed E-state index contributed by atoms with van der Waals surface area (Å²) in [6, 6.07) is 13.7. The predicted octanol–water partition coefficient (Wildman–Crippen LogP) is 4.56. The number of rotatable bonds is 5. The van der Waals surface area contributed by atoms with Gasteiger partial charge in [0.15, 0.2) is 5.11 Å². The molecule has 2 saturated heterocycles. The van der Waals surface area contributed by atoms with Gasteiger partial charge in [-0.05, 0) is 59.8 Å². The number of hydrogen-bond donors (Lipinski definition) is 1. The summed E-state index contributed by atoms with van der Waals surface area (Å²) in [5.41, 5.74) is 1.86. The zero-order chi connectivity index (χ0) is 24.4. The van der Waals surface area contributed by atoms with E-state index in [0.717, 1.165) is 5.56 Å². The van der Waals surface area contributed by atoms with Gasteiger partial charge in [-0.15, -0.1) is 6.58 Å². The Labute approximate surface area is 215 Å². The minimum atomic E-state index is -0.574. The summed E-state index contributed by atoms with van der Waals surface area (Å²) < 4.78 is 0.488. The first-order chi connectivity index (χ1) is 16.3. The molecule has 0 aromatic heterocycles. The highest BCUT2D eigenvalue weighted by Crippen LogP contribution is 2.32. The number of hydrogen-bond acceptors (Lipinski definition) is 6. The van der Waals surface area contributed by atoms with Crippen LogP contribution in [0.3, 0.4) is 0 Å². The average Bonchev–Trinajstić information content (AvgIpc) is 3.06. The number of halogens is 1. The van der Waals surface area contributed by atoms with Crippen LogP contribution < -0.4 is 10.2 Å². The van der Waals surface area contributed by atoms with Crippen molar-refractivity contribution in [2.45, 2.75) is 0 Å². The Kier molecular flexibility index (Phi) is 7.08. The third-order valence-electron chi connectivity index (χ3n) is 4.92. The number of thioether (sulfide) groups is 1. The van der Waals surface area contributed by atoms with Gasteiger partial charge in [-0.1, -0.05) is 65.9 Å². The van der Waals surface area contributed by atoms with E-state index in [9.17, 15) is 14.4 Å². The standard InChI is InChI=1S/C24H16ClN3O3S3/c1-2-11-27-22(31)19(34-24(27)33)13-15-5-3-14(4-6-15)12-18-20(29)26-23(32)28(21(18)30)17-9-7-16(25)8-10-17/h2-10,12-13H,1,11H2,(H,26,29,32)/b18-12+,19-13-. The van der Waals surface area contributed by atoms with Gasteiger partial charge in [0.2, 0.25) is 0 Å². The van der Waals surface area contributed by atoms with Crippen molar-refractivity contribution in [1.82, 2.24) is 10.2 Å². The van der Waals surface area contributed by atoms with E-state index in [4.69, 9.17) is 36.0 Å². The summed E-state index contributed by atoms with van der Waals surface area (Å²) in [7, 11) is 0. The van der Waals surface area contributed by atoms with Gasteiger partial charge in [-0.25, -0.2) is 0 Å². The lowest BCUT2D eigenvalue weighted by molar-refractivity contribution is -0.123. The Morgan fingerprint density at radius 2 is 1.56 bits per heavy atom. The quantitative estimate of drug-likeness (QED) is 0.267. The number of benzene rings is 2. The third kappa shape index (κ3) is 4.88. The largest absolute Gasteiger partial charge is 0.298 e. The summed E-state index contributed by atoms with van der Waals surface area (Å²) in [5, 5.41) is 3.06. The molecule has 3 amide bonds. The van der Waals surface area contributed by atoms with Crippen LogP contribution in [-0.4, -0.2) is 38.6 Å². The fourth-order valence-electron chi connectivity index (χ4n) is 3.28. The van der Waals surface area contributed by atoms with E-state index < -0.39 is 11.8 Å². The lowest BCUT2D eigenvalue weighted by Gasteiger charge is -2.28. The van der Waals surface area contributed by atoms with Gasteiger partial charge in [0.1, 0.15) is 9.89 Å². The second kappa shape index (κ2) is 10.0. The van der Waals surface area contributed by atoms with Crippen molar-refractivity contribution in [2.75, 3.05) is 11.4 Å². The molecule has 2 aromatic rings. The Morgan fingerprint density at radius 1 is 0.941 bits per heavy atom. The van der Waals surface area contributed by atoms with Crippen molar-refractivity contribution in [3.8, 4) is 0 Å². The van der Waals surface area contributed by atoms with Crippen LogP contribution in [0.15, 0.2) is 71.7 Å². The Bertz CT molecular complexity index is 1300. The zero-order valence-corrected chi connectivity index (χ0v) is 20.7. The van der Waals surface area contributed by atoms with Crippen molar-refractivity contribution >= 4 is 92.8 Å². The topological polar surface area (TPSA) is 69.7 Å². The molecule has 2 aromatic carbocycles. The molecule has 0 spiro atoms. The Balaban J connectivity index is 1.57. The molecule has 0 bridgehead atoms. The van der Waals surface area contributed by atoms with Gasteiger partial charge < -0.3 is 0 Å². The van der Waals surface area contributed by atoms with Crippen LogP contribution in [0, 0.1) is 0 Å². The monoisotopic (exact) mass is 525 g/mol. The highest BCUT2D eigenvalue weighted by atomic mass is 35.5. The van der Waals surface area contributed by atoms with Gasteiger partial charge in [0.05, 0.1) is 10.6 Å². The summed E-state index contributed by atoms with van der Waals surface area (Å²) in [6.45, 7) is 4.01. The van der Waals surface area contributed by atoms with Gasteiger partial charge >= 0.3 is 0 Å². The van der Waals surface area contributed by atoms with Gasteiger partial charge in [-0.2, -0.15) is 0 Å². The molecule has 10 heteroatoms. The molecule has 34 heavy (non-hydrogen) atoms. The number of amides is 3. The molecule has 0 radical (unpaired) electrons. The van der Waals surface area contributed by atoms with Crippen LogP contribution in [-0.2, 0) is 14.4 Å². The second-order valence-electron chi connectivity index (χ2n) is 7.18. The maximum Gasteiger partial charge on any atom is 0.270 e. The van der Waals surface area contributed by atoms with Gasteiger partial charge in [0.25, 0.3) is 17.7 Å². The molecule has 0 unspecified atom stereocenters. The van der Waals surface area contributed by atoms with Crippen molar-refractivity contribution < 1.29 is 14.4 Å². The van der Waals surface area contributed by atoms with E-state index in [1.54, 1.807) is 60.7 Å². The van der Waals surface area contributed by atoms with Crippen LogP contribution >= 0.6 is 47.8 Å². The maximum absolute atomic E-state index is 13.1. The molecule has 0 saturated carbocycles. The number of nitrogens with one attached hydrogen (secondary N) is 1. The fourth-order valence-corrected chi connectivity index (χ4v) is 4.96. The molecule has 6 nitrogen and oxygen atoms in total. The van der Waals surface area contributed by atoms with Crippen molar-refractivity contribution in [3.63, 3.8) is 0 Å². The van der Waals surface area contributed by atoms with E-state index in [1.165, 1.54) is 27.6 Å². The third-order valence-corrected chi connectivity index (χ3v) is 6.83. The molecular weight excluding hydrogens is 510 g/mol. The van der Waals surface area contributed by atoms with Crippen molar-refractivity contribution in [1.29, 1.82) is 0 Å². The first kappa shape index (κ1) is 24.0. The molecule has 0 atom stereocenters. The van der Waals surface area contributed by atoms with Gasteiger partial charge in [0, 0.05) is 11.6 Å².